The van der Waals surface area contributed by atoms with Gasteiger partial charge in [0.05, 0.1) is 0 Å². The Morgan fingerprint density at radius 3 is 1.93 bits per heavy atom. The second kappa shape index (κ2) is 4.70. The van der Waals surface area contributed by atoms with Crippen LogP contribution in [0.2, 0.25) is 0 Å². The number of rotatable bonds is 3. The van der Waals surface area contributed by atoms with Crippen molar-refractivity contribution in [2.45, 2.75) is 34.6 Å². The Morgan fingerprint density at radius 1 is 1.14 bits per heavy atom. The molecule has 0 bridgehead atoms. The number of nitrogens with one attached hydrogen (secondary N) is 1. The van der Waals surface area contributed by atoms with Crippen molar-refractivity contribution in [2.24, 2.45) is 5.92 Å². The van der Waals surface area contributed by atoms with Gasteiger partial charge in [-0.15, -0.1) is 0 Å². The van der Waals surface area contributed by atoms with E-state index in [1.54, 1.807) is 0 Å². The second-order valence-electron chi connectivity index (χ2n) is 3.99. The van der Waals surface area contributed by atoms with Crippen molar-refractivity contribution in [3.63, 3.8) is 0 Å². The van der Waals surface area contributed by atoms with Gasteiger partial charge in [0, 0.05) is 0 Å². The van der Waals surface area contributed by atoms with Crippen molar-refractivity contribution in [2.75, 3.05) is 6.54 Å². The Balaban J connectivity index is 2.98. The van der Waals surface area contributed by atoms with Crippen LogP contribution < -0.4 is 5.32 Å². The first-order chi connectivity index (χ1) is 6.50. The fraction of sp³-hybridized carbons (Fsp3) is 0.583. The van der Waals surface area contributed by atoms with Gasteiger partial charge >= 0.3 is 98.6 Å². The van der Waals surface area contributed by atoms with E-state index in [9.17, 15) is 0 Å². The molecule has 0 saturated heterocycles. The van der Waals surface area contributed by atoms with Crippen molar-refractivity contribution in [3.8, 4) is 0 Å². The molecule has 1 aliphatic carbocycles. The molecule has 0 amide bonds. The van der Waals surface area contributed by atoms with E-state index in [0.29, 0.717) is 5.92 Å². The van der Waals surface area contributed by atoms with Gasteiger partial charge in [-0.1, -0.05) is 0 Å². The van der Waals surface area contributed by atoms with E-state index in [-0.39, 0.29) is 0 Å². The summed E-state index contributed by atoms with van der Waals surface area (Å²) in [6.07, 6.45) is 0. The van der Waals surface area contributed by atoms with Crippen LogP contribution in [0, 0.1) is 5.92 Å². The molecule has 2 heteroatoms. The first kappa shape index (κ1) is 12.1. The molecule has 0 aliphatic heterocycles. The van der Waals surface area contributed by atoms with E-state index in [1.165, 1.54) is 26.2 Å². The molecule has 0 aromatic heterocycles. The molecule has 1 aliphatic rings. The zero-order valence-electron chi connectivity index (χ0n) is 9.78. The molecule has 0 atom stereocenters. The molecule has 1 nitrogen and oxygen atoms in total. The second-order valence-corrected chi connectivity index (χ2v) is 4.83. The van der Waals surface area contributed by atoms with Gasteiger partial charge in [-0.25, -0.2) is 0 Å². The minimum atomic E-state index is 0.537. The molecule has 0 fully saturated rings. The predicted octanol–water partition coefficient (Wildman–Crippen LogP) is 2.58. The molecule has 0 heterocycles. The van der Waals surface area contributed by atoms with E-state index in [4.69, 9.17) is 0 Å². The average molecular weight is 225 g/mol. The summed E-state index contributed by atoms with van der Waals surface area (Å²) in [7, 11) is 0. The Morgan fingerprint density at radius 2 is 1.57 bits per heavy atom. The quantitative estimate of drug-likeness (QED) is 0.728. The van der Waals surface area contributed by atoms with Crippen molar-refractivity contribution in [3.05, 3.63) is 22.3 Å². The van der Waals surface area contributed by atoms with Crippen molar-refractivity contribution in [1.29, 1.82) is 0 Å². The normalized spacial score (nSPS) is 18.5. The van der Waals surface area contributed by atoms with Crippen LogP contribution in [-0.2, 0) is 20.0 Å². The fourth-order valence-electron chi connectivity index (χ4n) is 2.07. The third kappa shape index (κ3) is 2.00. The van der Waals surface area contributed by atoms with Gasteiger partial charge in [0.2, 0.25) is 0 Å². The molecule has 0 aromatic carbocycles. The van der Waals surface area contributed by atoms with E-state index in [0.717, 1.165) is 6.54 Å². The third-order valence-electron chi connectivity index (χ3n) is 3.27. The summed E-state index contributed by atoms with van der Waals surface area (Å²) >= 11 is 2.20. The van der Waals surface area contributed by atoms with Gasteiger partial charge in [-0.2, -0.15) is 0 Å². The summed E-state index contributed by atoms with van der Waals surface area (Å²) in [4.78, 5) is 0. The van der Waals surface area contributed by atoms with E-state index in [1.807, 2.05) is 0 Å². The Bertz CT molecular complexity index is 299. The van der Waals surface area contributed by atoms with Crippen molar-refractivity contribution < 1.29 is 20.0 Å². The molecule has 1 rings (SSSR count). The van der Waals surface area contributed by atoms with Crippen LogP contribution in [0.5, 0.6) is 0 Å². The number of hydrogen-bond donors (Lipinski definition) is 1. The van der Waals surface area contributed by atoms with Crippen molar-refractivity contribution >= 4 is 3.94 Å². The van der Waals surface area contributed by atoms with Crippen LogP contribution in [0.25, 0.3) is 0 Å². The van der Waals surface area contributed by atoms with Gasteiger partial charge < -0.3 is 0 Å². The Kier molecular flexibility index (Phi) is 4.06. The first-order valence-corrected chi connectivity index (χ1v) is 5.96. The molecule has 0 radical (unpaired) electrons. The zero-order valence-corrected chi connectivity index (χ0v) is 11.3. The molecule has 0 unspecified atom stereocenters. The summed E-state index contributed by atoms with van der Waals surface area (Å²) in [6.45, 7) is 12.1. The molecule has 0 aromatic rings. The summed E-state index contributed by atoms with van der Waals surface area (Å²) in [5.74, 6) is 0.537. The molecule has 74 valence electrons. The molecule has 1 N–H and O–H groups in total. The molecule has 0 spiro atoms. The van der Waals surface area contributed by atoms with E-state index in [2.05, 4.69) is 59.9 Å². The summed E-state index contributed by atoms with van der Waals surface area (Å²) in [6, 6.07) is 0. The van der Waals surface area contributed by atoms with Crippen LogP contribution in [0.3, 0.4) is 0 Å². The maximum atomic E-state index is 3.44. The van der Waals surface area contributed by atoms with Gasteiger partial charge in [0.25, 0.3) is 0 Å². The molecule has 14 heavy (non-hydrogen) atoms. The van der Waals surface area contributed by atoms with Gasteiger partial charge in [0.15, 0.2) is 0 Å². The van der Waals surface area contributed by atoms with Crippen LogP contribution >= 0.6 is 0 Å². The first-order valence-electron chi connectivity index (χ1n) is 5.18. The van der Waals surface area contributed by atoms with Crippen LogP contribution in [0.1, 0.15) is 34.6 Å². The topological polar surface area (TPSA) is 12.0 Å². The van der Waals surface area contributed by atoms with Gasteiger partial charge in [0.1, 0.15) is 0 Å². The van der Waals surface area contributed by atoms with Crippen molar-refractivity contribution in [1.82, 2.24) is 5.32 Å². The standard InChI is InChI=1S/C12H19N.Ti/c1-6-13-7-12-10(4)8(2)9(3)11(12)5;/h12-13H,6H2,1-5H3;/q;+2. The fourth-order valence-corrected chi connectivity index (χ4v) is 3.03. The third-order valence-corrected chi connectivity index (χ3v) is 3.99. The van der Waals surface area contributed by atoms with Crippen LogP contribution in [0.15, 0.2) is 22.3 Å². The summed E-state index contributed by atoms with van der Waals surface area (Å²) in [5.41, 5.74) is 5.98. The monoisotopic (exact) mass is 225 g/mol. The SMILES string of the molecule is CCN[C](=[Ti+2])C1C(C)=C(C)C(C)=C1C. The number of allylic oxidation sites excluding steroid dienone is 2. The number of hydrogen-bond acceptors (Lipinski definition) is 1. The molecular formula is C12H19NTi+2. The van der Waals surface area contributed by atoms with E-state index >= 15 is 0 Å². The summed E-state index contributed by atoms with van der Waals surface area (Å²) in [5, 5.41) is 3.44. The van der Waals surface area contributed by atoms with E-state index < -0.39 is 0 Å². The predicted molar refractivity (Wildman–Crippen MR) is 58.9 cm³/mol. The van der Waals surface area contributed by atoms with Gasteiger partial charge in [-0.3, -0.25) is 0 Å². The molecule has 0 saturated carbocycles. The maximum absolute atomic E-state index is 3.44. The summed E-state index contributed by atoms with van der Waals surface area (Å²) < 4.78 is 1.39. The Labute approximate surface area is 98.6 Å². The average Bonchev–Trinajstić information content (AvgIpc) is 2.32. The van der Waals surface area contributed by atoms with Gasteiger partial charge in [-0.05, 0) is 0 Å². The van der Waals surface area contributed by atoms with Crippen LogP contribution in [-0.4, -0.2) is 10.5 Å². The zero-order chi connectivity index (χ0) is 10.9. The Hall–Kier alpha value is 0.0243. The molecular weight excluding hydrogens is 206 g/mol. The van der Waals surface area contributed by atoms with Crippen LogP contribution in [0.4, 0.5) is 0 Å². The minimum absolute atomic E-state index is 0.537.